The quantitative estimate of drug-likeness (QED) is 0.527. The molecule has 1 saturated carbocycles. The van der Waals surface area contributed by atoms with E-state index in [-0.39, 0.29) is 35.8 Å². The minimum absolute atomic E-state index is 0.0305. The Balaban J connectivity index is 1.55. The van der Waals surface area contributed by atoms with Crippen LogP contribution in [-0.2, 0) is 32.1 Å². The van der Waals surface area contributed by atoms with Gasteiger partial charge >= 0.3 is 11.9 Å². The Hall–Kier alpha value is -2.82. The van der Waals surface area contributed by atoms with Crippen LogP contribution in [0.15, 0.2) is 58.7 Å². The highest BCUT2D eigenvalue weighted by Gasteiger charge is 2.61. The number of esters is 2. The molecule has 0 spiro atoms. The molecule has 0 unspecified atom stereocenters. The van der Waals surface area contributed by atoms with Crippen LogP contribution >= 0.6 is 0 Å². The van der Waals surface area contributed by atoms with Crippen molar-refractivity contribution >= 4 is 11.9 Å². The van der Waals surface area contributed by atoms with Gasteiger partial charge in [0.05, 0.1) is 19.3 Å². The molecule has 1 aromatic carbocycles. The zero-order chi connectivity index (χ0) is 20.3. The lowest BCUT2D eigenvalue weighted by molar-refractivity contribution is -0.147. The number of carbonyl (C=O) groups is 2. The molecule has 1 aromatic heterocycles. The van der Waals surface area contributed by atoms with Gasteiger partial charge in [-0.25, -0.2) is 4.79 Å². The largest absolute Gasteiger partial charge is 0.469 e. The number of ether oxygens (including phenoxy) is 2. The molecule has 5 nitrogen and oxygen atoms in total. The minimum atomic E-state index is -0.376. The number of hydrogen-bond acceptors (Lipinski definition) is 5. The van der Waals surface area contributed by atoms with Crippen LogP contribution in [0.5, 0.6) is 0 Å². The number of carbonyl (C=O) groups excluding carboxylic acids is 2. The second kappa shape index (κ2) is 8.05. The molecular weight excluding hydrogens is 356 g/mol. The Kier molecular flexibility index (Phi) is 5.73. The number of allylic oxidation sites excluding steroid dienone is 1. The number of benzene rings is 1. The summed E-state index contributed by atoms with van der Waals surface area (Å²) in [7, 11) is 1.35. The molecule has 28 heavy (non-hydrogen) atoms. The number of furan rings is 1. The van der Waals surface area contributed by atoms with Crippen LogP contribution in [0, 0.1) is 17.3 Å². The first-order valence-electron chi connectivity index (χ1n) is 9.36. The van der Waals surface area contributed by atoms with Crippen LogP contribution in [0.2, 0.25) is 0 Å². The Morgan fingerprint density at radius 3 is 2.57 bits per heavy atom. The van der Waals surface area contributed by atoms with Crippen molar-refractivity contribution in [2.24, 2.45) is 17.3 Å². The predicted octanol–water partition coefficient (Wildman–Crippen LogP) is 4.31. The van der Waals surface area contributed by atoms with Gasteiger partial charge in [-0.2, -0.15) is 0 Å². The highest BCUT2D eigenvalue weighted by molar-refractivity contribution is 5.88. The van der Waals surface area contributed by atoms with E-state index in [1.54, 1.807) is 13.2 Å². The summed E-state index contributed by atoms with van der Waals surface area (Å²) in [5.74, 6) is -0.0905. The third-order valence-electron chi connectivity index (χ3n) is 5.41. The van der Waals surface area contributed by atoms with Gasteiger partial charge in [0.1, 0.15) is 12.4 Å². The van der Waals surface area contributed by atoms with E-state index in [0.717, 1.165) is 16.9 Å². The highest BCUT2D eigenvalue weighted by atomic mass is 16.5. The van der Waals surface area contributed by atoms with E-state index in [0.29, 0.717) is 12.0 Å². The van der Waals surface area contributed by atoms with Crippen molar-refractivity contribution in [2.45, 2.75) is 33.8 Å². The van der Waals surface area contributed by atoms with E-state index in [1.165, 1.54) is 7.11 Å². The molecule has 148 valence electrons. The third-order valence-corrected chi connectivity index (χ3v) is 5.41. The van der Waals surface area contributed by atoms with E-state index < -0.39 is 0 Å². The van der Waals surface area contributed by atoms with Crippen LogP contribution in [0.4, 0.5) is 0 Å². The molecular formula is C23H26O5. The minimum Gasteiger partial charge on any atom is -0.469 e. The molecule has 1 aliphatic rings. The summed E-state index contributed by atoms with van der Waals surface area (Å²) in [6.45, 7) is 5.87. The van der Waals surface area contributed by atoms with Crippen LogP contribution in [0.1, 0.15) is 37.7 Å². The summed E-state index contributed by atoms with van der Waals surface area (Å²) in [6.07, 6.45) is 4.14. The van der Waals surface area contributed by atoms with Crippen LogP contribution < -0.4 is 0 Å². The fourth-order valence-electron chi connectivity index (χ4n) is 3.57. The summed E-state index contributed by atoms with van der Waals surface area (Å²) in [4.78, 5) is 24.1. The SMILES string of the molecule is COC(=O)C(C)=C[C@H]1[C@H](C(=O)OCc2coc(Cc3ccccc3)c2)C1(C)C. The van der Waals surface area contributed by atoms with E-state index in [2.05, 4.69) is 0 Å². The molecule has 0 saturated heterocycles. The van der Waals surface area contributed by atoms with Crippen molar-refractivity contribution < 1.29 is 23.5 Å². The van der Waals surface area contributed by atoms with Crippen molar-refractivity contribution in [1.82, 2.24) is 0 Å². The molecule has 0 radical (unpaired) electrons. The standard InChI is InChI=1S/C23H26O5/c1-15(21(24)26-4)10-19-20(23(19,2)3)22(25)28-14-17-12-18(27-13-17)11-16-8-6-5-7-9-16/h5-10,12-13,19-20H,11,14H2,1-4H3/t19-,20+/m0/s1. The van der Waals surface area contributed by atoms with Gasteiger partial charge < -0.3 is 13.9 Å². The zero-order valence-corrected chi connectivity index (χ0v) is 16.7. The maximum Gasteiger partial charge on any atom is 0.333 e. The van der Waals surface area contributed by atoms with Crippen molar-refractivity contribution in [2.75, 3.05) is 7.11 Å². The van der Waals surface area contributed by atoms with E-state index in [9.17, 15) is 9.59 Å². The van der Waals surface area contributed by atoms with Gasteiger partial charge in [0, 0.05) is 17.6 Å². The zero-order valence-electron chi connectivity index (χ0n) is 16.7. The molecule has 0 N–H and O–H groups in total. The fourth-order valence-corrected chi connectivity index (χ4v) is 3.57. The Morgan fingerprint density at radius 1 is 1.18 bits per heavy atom. The maximum atomic E-state index is 12.5. The van der Waals surface area contributed by atoms with Gasteiger partial charge in [0.15, 0.2) is 0 Å². The molecule has 1 aliphatic carbocycles. The van der Waals surface area contributed by atoms with Gasteiger partial charge in [0.2, 0.25) is 0 Å². The lowest BCUT2D eigenvalue weighted by Crippen LogP contribution is -2.10. The van der Waals surface area contributed by atoms with Gasteiger partial charge in [0.25, 0.3) is 0 Å². The average molecular weight is 382 g/mol. The van der Waals surface area contributed by atoms with Crippen molar-refractivity contribution in [3.8, 4) is 0 Å². The first kappa shape index (κ1) is 19.9. The Bertz CT molecular complexity index is 875. The molecule has 5 heteroatoms. The van der Waals surface area contributed by atoms with Crippen LogP contribution in [-0.4, -0.2) is 19.0 Å². The fraction of sp³-hybridized carbons (Fsp3) is 0.391. The summed E-state index contributed by atoms with van der Waals surface area (Å²) < 4.78 is 15.8. The maximum absolute atomic E-state index is 12.5. The lowest BCUT2D eigenvalue weighted by atomic mass is 10.1. The number of methoxy groups -OCH3 is 1. The molecule has 1 heterocycles. The first-order valence-corrected chi connectivity index (χ1v) is 9.36. The highest BCUT2D eigenvalue weighted by Crippen LogP contribution is 2.59. The van der Waals surface area contributed by atoms with Crippen molar-refractivity contribution in [3.63, 3.8) is 0 Å². The van der Waals surface area contributed by atoms with E-state index in [1.807, 2.05) is 56.3 Å². The molecule has 2 aromatic rings. The van der Waals surface area contributed by atoms with Gasteiger partial charge in [-0.05, 0) is 29.9 Å². The van der Waals surface area contributed by atoms with E-state index in [4.69, 9.17) is 13.9 Å². The van der Waals surface area contributed by atoms with Crippen molar-refractivity contribution in [3.05, 3.63) is 71.2 Å². The average Bonchev–Trinajstić information content (AvgIpc) is 3.00. The van der Waals surface area contributed by atoms with Gasteiger partial charge in [-0.1, -0.05) is 50.3 Å². The normalized spacial score (nSPS) is 20.5. The Labute approximate surface area is 165 Å². The van der Waals surface area contributed by atoms with Crippen molar-refractivity contribution in [1.29, 1.82) is 0 Å². The Morgan fingerprint density at radius 2 is 1.89 bits per heavy atom. The molecule has 2 atom stereocenters. The van der Waals surface area contributed by atoms with Crippen LogP contribution in [0.25, 0.3) is 0 Å². The molecule has 0 bridgehead atoms. The number of rotatable bonds is 7. The van der Waals surface area contributed by atoms with Crippen LogP contribution in [0.3, 0.4) is 0 Å². The second-order valence-electron chi connectivity index (χ2n) is 7.86. The summed E-state index contributed by atoms with van der Waals surface area (Å²) >= 11 is 0. The lowest BCUT2D eigenvalue weighted by Gasteiger charge is -2.03. The third kappa shape index (κ3) is 4.35. The van der Waals surface area contributed by atoms with Gasteiger partial charge in [-0.3, -0.25) is 4.79 Å². The summed E-state index contributed by atoms with van der Waals surface area (Å²) in [6, 6.07) is 12.0. The summed E-state index contributed by atoms with van der Waals surface area (Å²) in [5, 5.41) is 0. The molecule has 3 rings (SSSR count). The number of hydrogen-bond donors (Lipinski definition) is 0. The summed E-state index contributed by atoms with van der Waals surface area (Å²) in [5.41, 5.74) is 2.27. The van der Waals surface area contributed by atoms with Gasteiger partial charge in [-0.15, -0.1) is 0 Å². The predicted molar refractivity (Wildman–Crippen MR) is 104 cm³/mol. The second-order valence-corrected chi connectivity index (χ2v) is 7.86. The topological polar surface area (TPSA) is 65.7 Å². The molecule has 1 fully saturated rings. The first-order chi connectivity index (χ1) is 13.3. The smallest absolute Gasteiger partial charge is 0.333 e. The molecule has 0 aliphatic heterocycles. The molecule has 0 amide bonds. The van der Waals surface area contributed by atoms with E-state index >= 15 is 0 Å². The monoisotopic (exact) mass is 382 g/mol.